The number of aliphatic carboxylic acids is 1. The number of nitrogens with one attached hydrogen (secondary N) is 2. The highest BCUT2D eigenvalue weighted by Crippen LogP contribution is 2.40. The molecule has 16 nitrogen and oxygen atoms in total. The minimum atomic E-state index is -5.19. The van der Waals surface area contributed by atoms with Crippen LogP contribution in [0, 0.1) is 0 Å². The standard InChI is InChI=1S/C19H29N4O10P.C2HF3O2/c1-10(18(27)30-3)21-34(29,22-11(2)19(28)31-4)32-9-13-14(24)15(25)17(33-13)23-7-5-6-12(8-23)16(20)26;3-2(4,5)1(6)7/h5-8,10-11,13-15,17,24-25H,9H2,1-4H3,(H3-,20,21,22,26,29);(H,6,7)/t10-,11-,13+,14+,15+,17+;/m0./s1. The molecule has 1 aromatic rings. The van der Waals surface area contributed by atoms with Crippen LogP contribution < -0.4 is 25.6 Å². The van der Waals surface area contributed by atoms with E-state index in [2.05, 4.69) is 19.6 Å². The Kier molecular flexibility index (Phi) is 13.2. The second-order valence-electron chi connectivity index (χ2n) is 8.33. The molecule has 0 radical (unpaired) electrons. The summed E-state index contributed by atoms with van der Waals surface area (Å²) in [6.07, 6.45) is -7.50. The van der Waals surface area contributed by atoms with E-state index in [-0.39, 0.29) is 5.56 Å². The first-order valence-corrected chi connectivity index (χ1v) is 13.1. The molecule has 20 heteroatoms. The van der Waals surface area contributed by atoms with Crippen molar-refractivity contribution in [2.75, 3.05) is 20.8 Å². The number of pyridine rings is 1. The first-order chi connectivity index (χ1) is 18.9. The number of carboxylic acids is 1. The Bertz CT molecular complexity index is 1110. The van der Waals surface area contributed by atoms with E-state index in [1.165, 1.54) is 42.9 Å². The van der Waals surface area contributed by atoms with E-state index in [4.69, 9.17) is 24.9 Å². The number of halogens is 3. The SMILES string of the molecule is COC(=O)[C@H](C)NP(=O)(N[C@@H](C)C(=O)OC)OC[C@H]1O[C@@H]([n+]2cccc(C(N)=O)c2)[C@H](O)[C@@H]1O.O=C([O-])C(F)(F)F. The first-order valence-electron chi connectivity index (χ1n) is 11.4. The van der Waals surface area contributed by atoms with Crippen molar-refractivity contribution >= 4 is 31.5 Å². The summed E-state index contributed by atoms with van der Waals surface area (Å²) in [5.74, 6) is -5.18. The van der Waals surface area contributed by atoms with E-state index in [9.17, 15) is 42.3 Å². The average molecular weight is 618 g/mol. The third kappa shape index (κ3) is 10.6. The summed E-state index contributed by atoms with van der Waals surface area (Å²) in [5, 5.41) is 34.6. The van der Waals surface area contributed by atoms with Crippen LogP contribution in [0.15, 0.2) is 24.5 Å². The van der Waals surface area contributed by atoms with Gasteiger partial charge in [0, 0.05) is 6.07 Å². The molecule has 0 saturated carbocycles. The van der Waals surface area contributed by atoms with Crippen molar-refractivity contribution in [1.29, 1.82) is 0 Å². The number of hydrogen-bond acceptors (Lipinski definition) is 12. The molecule has 0 spiro atoms. The summed E-state index contributed by atoms with van der Waals surface area (Å²) in [5.41, 5.74) is 5.42. The molecule has 1 aliphatic rings. The molecule has 6 N–H and O–H groups in total. The number of rotatable bonds is 11. The van der Waals surface area contributed by atoms with Crippen LogP contribution >= 0.6 is 7.67 Å². The third-order valence-electron chi connectivity index (χ3n) is 5.23. The van der Waals surface area contributed by atoms with Gasteiger partial charge in [0.2, 0.25) is 0 Å². The predicted octanol–water partition coefficient (Wildman–Crippen LogP) is -2.58. The van der Waals surface area contributed by atoms with Crippen LogP contribution in [0.5, 0.6) is 0 Å². The molecule has 0 bridgehead atoms. The van der Waals surface area contributed by atoms with Crippen LogP contribution in [-0.2, 0) is 37.7 Å². The normalized spacial score (nSPS) is 22.1. The quantitative estimate of drug-likeness (QED) is 0.0973. The zero-order valence-electron chi connectivity index (χ0n) is 22.1. The zero-order chi connectivity index (χ0) is 31.7. The fraction of sp³-hybridized carbons (Fsp3) is 0.571. The fourth-order valence-electron chi connectivity index (χ4n) is 3.17. The smallest absolute Gasteiger partial charge is 0.430 e. The van der Waals surface area contributed by atoms with Gasteiger partial charge in [-0.3, -0.25) is 18.9 Å². The van der Waals surface area contributed by atoms with Crippen LogP contribution in [-0.4, -0.2) is 91.4 Å². The molecule has 1 aliphatic heterocycles. The summed E-state index contributed by atoms with van der Waals surface area (Å²) in [7, 11) is -1.83. The van der Waals surface area contributed by atoms with Crippen molar-refractivity contribution < 1.29 is 75.5 Å². The number of aliphatic hydroxyl groups is 2. The molecule has 2 rings (SSSR count). The number of alkyl halides is 3. The number of aliphatic hydroxyl groups excluding tert-OH is 2. The highest BCUT2D eigenvalue weighted by molar-refractivity contribution is 7.54. The maximum Gasteiger partial charge on any atom is 0.430 e. The van der Waals surface area contributed by atoms with E-state index >= 15 is 0 Å². The lowest BCUT2D eigenvalue weighted by Crippen LogP contribution is -2.46. The van der Waals surface area contributed by atoms with Crippen LogP contribution in [0.25, 0.3) is 0 Å². The summed E-state index contributed by atoms with van der Waals surface area (Å²) in [6, 6.07) is 0.799. The molecule has 1 aromatic heterocycles. The van der Waals surface area contributed by atoms with E-state index in [1.807, 2.05) is 0 Å². The van der Waals surface area contributed by atoms with Crippen molar-refractivity contribution in [3.05, 3.63) is 30.1 Å². The topological polar surface area (TPSA) is 240 Å². The van der Waals surface area contributed by atoms with Gasteiger partial charge in [-0.1, -0.05) is 0 Å². The number of nitrogens with zero attached hydrogens (tertiary/aromatic N) is 1. The Balaban J connectivity index is 0.00000106. The van der Waals surface area contributed by atoms with Crippen LogP contribution in [0.3, 0.4) is 0 Å². The summed E-state index contributed by atoms with van der Waals surface area (Å²) in [6.45, 7) is 2.23. The molecule has 1 amide bonds. The van der Waals surface area contributed by atoms with E-state index in [0.717, 1.165) is 14.2 Å². The van der Waals surface area contributed by atoms with Gasteiger partial charge in [-0.25, -0.2) is 10.2 Å². The average Bonchev–Trinajstić information content (AvgIpc) is 3.19. The first kappa shape index (κ1) is 35.8. The maximum absolute atomic E-state index is 13.4. The number of carbonyl (C=O) groups excluding carboxylic acids is 4. The van der Waals surface area contributed by atoms with Gasteiger partial charge in [-0.15, -0.1) is 0 Å². The van der Waals surface area contributed by atoms with E-state index in [1.54, 1.807) is 0 Å². The predicted molar refractivity (Wildman–Crippen MR) is 125 cm³/mol. The fourth-order valence-corrected chi connectivity index (χ4v) is 4.98. The van der Waals surface area contributed by atoms with Gasteiger partial charge >= 0.3 is 25.8 Å². The van der Waals surface area contributed by atoms with Crippen LogP contribution in [0.4, 0.5) is 13.2 Å². The largest absolute Gasteiger partial charge is 0.542 e. The summed E-state index contributed by atoms with van der Waals surface area (Å²) in [4.78, 5) is 43.8. The second-order valence-corrected chi connectivity index (χ2v) is 10.2. The molecule has 6 atom stereocenters. The number of carboxylic acid groups (broad SMARTS) is 1. The Labute approximate surface area is 231 Å². The Morgan fingerprint density at radius 2 is 1.61 bits per heavy atom. The highest BCUT2D eigenvalue weighted by atomic mass is 31.2. The molecule has 41 heavy (non-hydrogen) atoms. The van der Waals surface area contributed by atoms with Crippen molar-refractivity contribution in [2.24, 2.45) is 5.73 Å². The minimum absolute atomic E-state index is 0.152. The molecule has 0 aliphatic carbocycles. The number of nitrogens with two attached hydrogens (primary N) is 1. The number of hydrogen-bond donors (Lipinski definition) is 5. The lowest BCUT2D eigenvalue weighted by molar-refractivity contribution is -0.765. The number of aromatic nitrogens is 1. The number of carbonyl (C=O) groups is 4. The Morgan fingerprint density at radius 1 is 1.12 bits per heavy atom. The molecule has 1 saturated heterocycles. The Hall–Kier alpha value is -3.19. The Morgan fingerprint density at radius 3 is 2.02 bits per heavy atom. The lowest BCUT2D eigenvalue weighted by atomic mass is 10.1. The number of esters is 2. The summed E-state index contributed by atoms with van der Waals surface area (Å²) >= 11 is 0. The van der Waals surface area contributed by atoms with Crippen LogP contribution in [0.1, 0.15) is 30.4 Å². The van der Waals surface area contributed by atoms with Gasteiger partial charge in [-0.2, -0.15) is 17.7 Å². The summed E-state index contributed by atoms with van der Waals surface area (Å²) < 4.78 is 66.6. The number of amides is 1. The molecule has 0 aromatic carbocycles. The van der Waals surface area contributed by atoms with Gasteiger partial charge in [0.1, 0.15) is 35.8 Å². The van der Waals surface area contributed by atoms with Gasteiger partial charge < -0.3 is 44.6 Å². The number of ether oxygens (including phenoxy) is 3. The van der Waals surface area contributed by atoms with Crippen molar-refractivity contribution in [2.45, 2.75) is 56.6 Å². The van der Waals surface area contributed by atoms with Gasteiger partial charge in [0.15, 0.2) is 18.5 Å². The molecular formula is C21H30F3N4O12P. The zero-order valence-corrected chi connectivity index (χ0v) is 23.0. The van der Waals surface area contributed by atoms with Crippen molar-refractivity contribution in [3.8, 4) is 0 Å². The van der Waals surface area contributed by atoms with Crippen LogP contribution in [0.2, 0.25) is 0 Å². The maximum atomic E-state index is 13.4. The van der Waals surface area contributed by atoms with Gasteiger partial charge in [-0.05, 0) is 19.9 Å². The molecule has 1 fully saturated rings. The highest BCUT2D eigenvalue weighted by Gasteiger charge is 2.49. The third-order valence-corrected chi connectivity index (χ3v) is 7.19. The van der Waals surface area contributed by atoms with Crippen molar-refractivity contribution in [1.82, 2.24) is 10.2 Å². The molecule has 2 heterocycles. The number of methoxy groups -OCH3 is 2. The van der Waals surface area contributed by atoms with Gasteiger partial charge in [0.05, 0.1) is 20.8 Å². The second kappa shape index (κ2) is 15.2. The molecular weight excluding hydrogens is 588 g/mol. The van der Waals surface area contributed by atoms with Crippen molar-refractivity contribution in [3.63, 3.8) is 0 Å². The van der Waals surface area contributed by atoms with Gasteiger partial charge in [0.25, 0.3) is 12.1 Å². The lowest BCUT2D eigenvalue weighted by Gasteiger charge is -2.26. The molecule has 0 unspecified atom stereocenters. The van der Waals surface area contributed by atoms with E-state index < -0.39 is 80.9 Å². The number of primary amides is 1. The molecule has 232 valence electrons. The monoisotopic (exact) mass is 618 g/mol. The van der Waals surface area contributed by atoms with E-state index in [0.29, 0.717) is 0 Å². The minimum Gasteiger partial charge on any atom is -0.542 e.